The van der Waals surface area contributed by atoms with Crippen LogP contribution in [0.5, 0.6) is 0 Å². The number of hydrogen-bond donors (Lipinski definition) is 1. The predicted molar refractivity (Wildman–Crippen MR) is 89.8 cm³/mol. The zero-order chi connectivity index (χ0) is 14.4. The maximum Gasteiger partial charge on any atom is 0.0990 e. The molecular formula is C16H15ClN2S. The molecular weight excluding hydrogens is 288 g/mol. The Labute approximate surface area is 128 Å². The van der Waals surface area contributed by atoms with Crippen LogP contribution in [-0.2, 0) is 5.75 Å². The lowest BCUT2D eigenvalue weighted by Crippen LogP contribution is -1.98. The molecule has 0 aliphatic rings. The van der Waals surface area contributed by atoms with Gasteiger partial charge in [-0.05, 0) is 24.4 Å². The van der Waals surface area contributed by atoms with Crippen LogP contribution in [0.15, 0.2) is 64.6 Å². The van der Waals surface area contributed by atoms with E-state index < -0.39 is 0 Å². The molecule has 20 heavy (non-hydrogen) atoms. The van der Waals surface area contributed by atoms with Gasteiger partial charge in [0.25, 0.3) is 0 Å². The third-order valence-electron chi connectivity index (χ3n) is 2.72. The van der Waals surface area contributed by atoms with Gasteiger partial charge in [0, 0.05) is 16.3 Å². The van der Waals surface area contributed by atoms with Gasteiger partial charge in [-0.2, -0.15) is 0 Å². The first kappa shape index (κ1) is 14.7. The number of benzene rings is 2. The second-order valence-corrected chi connectivity index (χ2v) is 5.61. The minimum absolute atomic E-state index is 0.658. The Hall–Kier alpha value is -1.71. The fourth-order valence-electron chi connectivity index (χ4n) is 1.76. The summed E-state index contributed by atoms with van der Waals surface area (Å²) in [6.45, 7) is 3.61. The summed E-state index contributed by atoms with van der Waals surface area (Å²) in [5.74, 6) is 0.748. The molecule has 4 heteroatoms. The molecule has 0 atom stereocenters. The third-order valence-corrected chi connectivity index (χ3v) is 3.94. The first-order valence-corrected chi connectivity index (χ1v) is 7.46. The minimum atomic E-state index is 0.658. The van der Waals surface area contributed by atoms with E-state index in [-0.39, 0.29) is 0 Å². The monoisotopic (exact) mass is 302 g/mol. The average molecular weight is 303 g/mol. The summed E-state index contributed by atoms with van der Waals surface area (Å²) in [6.07, 6.45) is 0. The number of rotatable bonds is 5. The lowest BCUT2D eigenvalue weighted by atomic mass is 10.2. The van der Waals surface area contributed by atoms with Crippen molar-refractivity contribution in [2.75, 3.05) is 0 Å². The lowest BCUT2D eigenvalue weighted by molar-refractivity contribution is 1.39. The van der Waals surface area contributed by atoms with Crippen LogP contribution in [0, 0.1) is 0 Å². The number of nitrogens with two attached hydrogens (primary N) is 1. The van der Waals surface area contributed by atoms with Gasteiger partial charge in [-0.3, -0.25) is 4.99 Å². The Morgan fingerprint density at radius 2 is 1.90 bits per heavy atom. The van der Waals surface area contributed by atoms with Crippen LogP contribution >= 0.6 is 23.4 Å². The maximum atomic E-state index is 6.12. The Bertz CT molecular complexity index is 623. The molecule has 102 valence electrons. The Morgan fingerprint density at radius 1 is 1.15 bits per heavy atom. The van der Waals surface area contributed by atoms with Crippen LogP contribution in [0.1, 0.15) is 11.1 Å². The van der Waals surface area contributed by atoms with E-state index in [2.05, 4.69) is 11.7 Å². The molecule has 2 nitrogen and oxygen atoms in total. The predicted octanol–water partition coefficient (Wildman–Crippen LogP) is 4.56. The topological polar surface area (TPSA) is 38.4 Å². The lowest BCUT2D eigenvalue weighted by Gasteiger charge is -2.08. The fourth-order valence-corrected chi connectivity index (χ4v) is 2.80. The third kappa shape index (κ3) is 3.89. The van der Waals surface area contributed by atoms with E-state index in [1.807, 2.05) is 54.6 Å². The van der Waals surface area contributed by atoms with E-state index in [1.54, 1.807) is 0 Å². The van der Waals surface area contributed by atoms with Crippen LogP contribution < -0.4 is 5.73 Å². The summed E-state index contributed by atoms with van der Waals surface area (Å²) in [7, 11) is 0. The van der Waals surface area contributed by atoms with Gasteiger partial charge in [0.05, 0.1) is 10.7 Å². The summed E-state index contributed by atoms with van der Waals surface area (Å²) in [5, 5.41) is 1.39. The smallest absolute Gasteiger partial charge is 0.0990 e. The normalized spacial score (nSPS) is 11.8. The van der Waals surface area contributed by atoms with Crippen molar-refractivity contribution >= 4 is 35.8 Å². The van der Waals surface area contributed by atoms with E-state index in [4.69, 9.17) is 17.3 Å². The van der Waals surface area contributed by atoms with Gasteiger partial charge in [-0.1, -0.05) is 54.1 Å². The highest BCUT2D eigenvalue weighted by molar-refractivity contribution is 8.02. The Balaban J connectivity index is 2.14. The molecule has 2 aromatic carbocycles. The van der Waals surface area contributed by atoms with Gasteiger partial charge in [-0.15, -0.1) is 11.8 Å². The summed E-state index contributed by atoms with van der Waals surface area (Å²) in [4.78, 5) is 4.05. The van der Waals surface area contributed by atoms with E-state index in [0.29, 0.717) is 5.03 Å². The minimum Gasteiger partial charge on any atom is -0.392 e. The molecule has 2 aromatic rings. The van der Waals surface area contributed by atoms with E-state index in [0.717, 1.165) is 27.6 Å². The molecule has 0 aliphatic heterocycles. The van der Waals surface area contributed by atoms with Crippen molar-refractivity contribution in [1.82, 2.24) is 0 Å². The zero-order valence-corrected chi connectivity index (χ0v) is 12.5. The van der Waals surface area contributed by atoms with Crippen molar-refractivity contribution in [3.63, 3.8) is 0 Å². The van der Waals surface area contributed by atoms with Gasteiger partial charge >= 0.3 is 0 Å². The SMILES string of the molecule is C=N/C(=C(/N)SCc1cccc(Cl)c1)c1ccccc1. The van der Waals surface area contributed by atoms with Crippen LogP contribution in [0.3, 0.4) is 0 Å². The quantitative estimate of drug-likeness (QED) is 0.822. The maximum absolute atomic E-state index is 6.12. The summed E-state index contributed by atoms with van der Waals surface area (Å²) < 4.78 is 0. The Kier molecular flexibility index (Phi) is 5.27. The summed E-state index contributed by atoms with van der Waals surface area (Å²) >= 11 is 7.50. The molecule has 0 radical (unpaired) electrons. The van der Waals surface area contributed by atoms with Crippen molar-refractivity contribution < 1.29 is 0 Å². The highest BCUT2D eigenvalue weighted by Crippen LogP contribution is 2.27. The Morgan fingerprint density at radius 3 is 2.55 bits per heavy atom. The summed E-state index contributed by atoms with van der Waals surface area (Å²) in [5.41, 5.74) is 8.94. The van der Waals surface area contributed by atoms with Gasteiger partial charge in [-0.25, -0.2) is 0 Å². The van der Waals surface area contributed by atoms with Crippen molar-refractivity contribution in [2.24, 2.45) is 10.7 Å². The number of thioether (sulfide) groups is 1. The van der Waals surface area contributed by atoms with Crippen LogP contribution in [-0.4, -0.2) is 6.72 Å². The molecule has 0 heterocycles. The molecule has 2 N–H and O–H groups in total. The highest BCUT2D eigenvalue weighted by Gasteiger charge is 2.06. The first-order chi connectivity index (χ1) is 9.70. The van der Waals surface area contributed by atoms with Crippen molar-refractivity contribution in [3.8, 4) is 0 Å². The van der Waals surface area contributed by atoms with Gasteiger partial charge in [0.1, 0.15) is 0 Å². The number of aliphatic imine (C=N–C) groups is 1. The highest BCUT2D eigenvalue weighted by atomic mass is 35.5. The largest absolute Gasteiger partial charge is 0.392 e. The van der Waals surface area contributed by atoms with Crippen LogP contribution in [0.4, 0.5) is 0 Å². The zero-order valence-electron chi connectivity index (χ0n) is 10.9. The molecule has 0 saturated carbocycles. The van der Waals surface area contributed by atoms with E-state index in [9.17, 15) is 0 Å². The molecule has 0 bridgehead atoms. The van der Waals surface area contributed by atoms with Gasteiger partial charge < -0.3 is 5.73 Å². The van der Waals surface area contributed by atoms with Crippen molar-refractivity contribution in [3.05, 3.63) is 75.8 Å². The first-order valence-electron chi connectivity index (χ1n) is 6.10. The van der Waals surface area contributed by atoms with Gasteiger partial charge in [0.2, 0.25) is 0 Å². The standard InChI is InChI=1S/C16H15ClN2S/c1-19-15(13-7-3-2-4-8-13)16(18)20-11-12-6-5-9-14(17)10-12/h2-10H,1,11,18H2/b16-15-. The van der Waals surface area contributed by atoms with Crippen molar-refractivity contribution in [2.45, 2.75) is 5.75 Å². The molecule has 0 spiro atoms. The number of nitrogens with zero attached hydrogens (tertiary/aromatic N) is 1. The number of halogens is 1. The van der Waals surface area contributed by atoms with Crippen molar-refractivity contribution in [1.29, 1.82) is 0 Å². The molecule has 0 unspecified atom stereocenters. The van der Waals surface area contributed by atoms with E-state index in [1.165, 1.54) is 11.8 Å². The fraction of sp³-hybridized carbons (Fsp3) is 0.0625. The molecule has 2 rings (SSSR count). The summed E-state index contributed by atoms with van der Waals surface area (Å²) in [6, 6.07) is 17.6. The second kappa shape index (κ2) is 7.17. The number of hydrogen-bond acceptors (Lipinski definition) is 3. The molecule has 0 aromatic heterocycles. The van der Waals surface area contributed by atoms with Crippen LogP contribution in [0.25, 0.3) is 5.70 Å². The molecule has 0 fully saturated rings. The van der Waals surface area contributed by atoms with Crippen LogP contribution in [0.2, 0.25) is 5.02 Å². The molecule has 0 amide bonds. The second-order valence-electron chi connectivity index (χ2n) is 4.16. The molecule has 0 aliphatic carbocycles. The average Bonchev–Trinajstić information content (AvgIpc) is 2.47. The van der Waals surface area contributed by atoms with E-state index >= 15 is 0 Å². The molecule has 0 saturated heterocycles. The van der Waals surface area contributed by atoms with Gasteiger partial charge in [0.15, 0.2) is 0 Å².